The van der Waals surface area contributed by atoms with Crippen LogP contribution in [0.5, 0.6) is 0 Å². The van der Waals surface area contributed by atoms with Crippen LogP contribution in [0, 0.1) is 0 Å². The van der Waals surface area contributed by atoms with E-state index in [1.54, 1.807) is 0 Å². The summed E-state index contributed by atoms with van der Waals surface area (Å²) in [7, 11) is 2.01. The Balaban J connectivity index is 1.31. The highest BCUT2D eigenvalue weighted by molar-refractivity contribution is 5.96. The molecule has 0 radical (unpaired) electrons. The molecule has 0 aliphatic heterocycles. The number of amides is 1. The van der Waals surface area contributed by atoms with Crippen molar-refractivity contribution in [1.82, 2.24) is 25.1 Å². The van der Waals surface area contributed by atoms with Gasteiger partial charge in [0, 0.05) is 31.1 Å². The maximum atomic E-state index is 12.7. The molecule has 28 heavy (non-hydrogen) atoms. The number of rotatable bonds is 4. The molecule has 0 saturated carbocycles. The van der Waals surface area contributed by atoms with Crippen LogP contribution in [0.1, 0.15) is 27.4 Å². The van der Waals surface area contributed by atoms with Crippen LogP contribution < -0.4 is 5.32 Å². The molecule has 2 heterocycles. The maximum absolute atomic E-state index is 12.7. The minimum Gasteiger partial charge on any atom is -0.350 e. The summed E-state index contributed by atoms with van der Waals surface area (Å²) in [4.78, 5) is 17.4. The second-order valence-corrected chi connectivity index (χ2v) is 7.16. The van der Waals surface area contributed by atoms with Gasteiger partial charge < -0.3 is 9.88 Å². The minimum atomic E-state index is -0.105. The Hall–Kier alpha value is -3.41. The van der Waals surface area contributed by atoms with Gasteiger partial charge in [0.25, 0.3) is 5.91 Å². The number of nitrogens with one attached hydrogen (secondary N) is 2. The largest absolute Gasteiger partial charge is 0.350 e. The van der Waals surface area contributed by atoms with Crippen LogP contribution in [0.15, 0.2) is 48.5 Å². The van der Waals surface area contributed by atoms with Crippen molar-refractivity contribution in [3.05, 3.63) is 71.2 Å². The number of fused-ring (bicyclic) bond motifs is 4. The second kappa shape index (κ2) is 6.64. The lowest BCUT2D eigenvalue weighted by Crippen LogP contribution is -2.27. The van der Waals surface area contributed by atoms with E-state index in [1.807, 2.05) is 37.4 Å². The van der Waals surface area contributed by atoms with Crippen molar-refractivity contribution in [1.29, 1.82) is 0 Å². The highest BCUT2D eigenvalue weighted by Gasteiger charge is 2.24. The van der Waals surface area contributed by atoms with Crippen molar-refractivity contribution in [3.63, 3.8) is 0 Å². The molecule has 4 aromatic rings. The summed E-state index contributed by atoms with van der Waals surface area (Å²) in [6.45, 7) is 0.528. The van der Waals surface area contributed by atoms with Gasteiger partial charge in [-0.15, -0.1) is 0 Å². The number of hydrogen-bond donors (Lipinski definition) is 2. The molecule has 140 valence electrons. The molecule has 0 fully saturated rings. The lowest BCUT2D eigenvalue weighted by atomic mass is 9.89. The molecular weight excluding hydrogens is 350 g/mol. The van der Waals surface area contributed by atoms with Crippen molar-refractivity contribution in [3.8, 4) is 11.3 Å². The molecule has 1 aliphatic carbocycles. The van der Waals surface area contributed by atoms with E-state index >= 15 is 0 Å². The molecule has 6 nitrogen and oxygen atoms in total. The number of aromatic amines is 1. The number of carbonyl (C=O) groups excluding carboxylic acids is 1. The first-order valence-corrected chi connectivity index (χ1v) is 9.56. The van der Waals surface area contributed by atoms with E-state index in [-0.39, 0.29) is 5.91 Å². The average molecular weight is 371 g/mol. The fourth-order valence-corrected chi connectivity index (χ4v) is 4.04. The van der Waals surface area contributed by atoms with Crippen LogP contribution in [-0.4, -0.2) is 32.2 Å². The molecular formula is C22H21N5O. The number of hydrogen-bond acceptors (Lipinski definition) is 3. The summed E-state index contributed by atoms with van der Waals surface area (Å²) in [5.74, 6) is 0.856. The topological polar surface area (TPSA) is 75.6 Å². The lowest BCUT2D eigenvalue weighted by Gasteiger charge is -2.15. The quantitative estimate of drug-likeness (QED) is 0.579. The van der Waals surface area contributed by atoms with Crippen LogP contribution in [0.25, 0.3) is 22.3 Å². The van der Waals surface area contributed by atoms with E-state index in [0.717, 1.165) is 46.5 Å². The fourth-order valence-electron chi connectivity index (χ4n) is 4.04. The number of carbonyl (C=O) groups is 1. The van der Waals surface area contributed by atoms with Gasteiger partial charge in [0.15, 0.2) is 0 Å². The number of imidazole rings is 1. The van der Waals surface area contributed by atoms with Crippen molar-refractivity contribution in [2.24, 2.45) is 7.05 Å². The van der Waals surface area contributed by atoms with Crippen LogP contribution in [0.3, 0.4) is 0 Å². The van der Waals surface area contributed by atoms with Gasteiger partial charge in [0.1, 0.15) is 11.5 Å². The van der Waals surface area contributed by atoms with E-state index in [2.05, 4.69) is 43.3 Å². The Bertz CT molecular complexity index is 1190. The number of aromatic nitrogens is 4. The monoisotopic (exact) mass is 371 g/mol. The molecule has 0 spiro atoms. The van der Waals surface area contributed by atoms with Gasteiger partial charge in [-0.25, -0.2) is 4.98 Å². The summed E-state index contributed by atoms with van der Waals surface area (Å²) >= 11 is 0. The summed E-state index contributed by atoms with van der Waals surface area (Å²) in [6.07, 6.45) is 2.44. The first-order valence-electron chi connectivity index (χ1n) is 9.56. The Morgan fingerprint density at radius 2 is 1.96 bits per heavy atom. The van der Waals surface area contributed by atoms with Crippen LogP contribution in [0.4, 0.5) is 0 Å². The highest BCUT2D eigenvalue weighted by Crippen LogP contribution is 2.33. The van der Waals surface area contributed by atoms with E-state index in [4.69, 9.17) is 0 Å². The molecule has 0 saturated heterocycles. The van der Waals surface area contributed by atoms with E-state index in [1.165, 1.54) is 5.56 Å². The zero-order valence-electron chi connectivity index (χ0n) is 15.7. The van der Waals surface area contributed by atoms with Crippen LogP contribution in [-0.2, 0) is 26.3 Å². The zero-order chi connectivity index (χ0) is 19.1. The predicted octanol–water partition coefficient (Wildman–Crippen LogP) is 3.03. The van der Waals surface area contributed by atoms with Crippen molar-refractivity contribution in [2.75, 3.05) is 6.54 Å². The number of aryl methyl sites for hydroxylation is 2. The van der Waals surface area contributed by atoms with Gasteiger partial charge in [0.05, 0.1) is 16.7 Å². The molecule has 0 bridgehead atoms. The first kappa shape index (κ1) is 16.7. The Labute approximate surface area is 162 Å². The molecule has 1 amide bonds. The van der Waals surface area contributed by atoms with Gasteiger partial charge in [-0.3, -0.25) is 9.89 Å². The third kappa shape index (κ3) is 2.69. The smallest absolute Gasteiger partial charge is 0.269 e. The molecule has 5 rings (SSSR count). The number of H-pyrrole nitrogens is 1. The lowest BCUT2D eigenvalue weighted by molar-refractivity contribution is 0.0948. The molecule has 2 aromatic carbocycles. The zero-order valence-corrected chi connectivity index (χ0v) is 15.7. The molecule has 0 atom stereocenters. The van der Waals surface area contributed by atoms with Gasteiger partial charge in [-0.05, 0) is 30.5 Å². The number of benzene rings is 2. The molecule has 0 unspecified atom stereocenters. The highest BCUT2D eigenvalue weighted by atomic mass is 16.1. The second-order valence-electron chi connectivity index (χ2n) is 7.16. The molecule has 2 aromatic heterocycles. The predicted molar refractivity (Wildman–Crippen MR) is 108 cm³/mol. The molecule has 2 N–H and O–H groups in total. The SMILES string of the molecule is Cn1c(CCNC(=O)c2[nH]nc3c2CCc2ccccc2-3)nc2ccccc21. The van der Waals surface area contributed by atoms with E-state index in [9.17, 15) is 4.79 Å². The average Bonchev–Trinajstić information content (AvgIpc) is 3.30. The van der Waals surface area contributed by atoms with E-state index in [0.29, 0.717) is 18.7 Å². The van der Waals surface area contributed by atoms with Crippen molar-refractivity contribution in [2.45, 2.75) is 19.3 Å². The molecule has 1 aliphatic rings. The van der Waals surface area contributed by atoms with Crippen LogP contribution in [0.2, 0.25) is 0 Å². The summed E-state index contributed by atoms with van der Waals surface area (Å²) in [5.41, 5.74) is 6.99. The van der Waals surface area contributed by atoms with Gasteiger partial charge in [-0.2, -0.15) is 5.10 Å². The third-order valence-electron chi connectivity index (χ3n) is 5.52. The maximum Gasteiger partial charge on any atom is 0.269 e. The Morgan fingerprint density at radius 1 is 1.14 bits per heavy atom. The van der Waals surface area contributed by atoms with Gasteiger partial charge in [0.2, 0.25) is 0 Å². The van der Waals surface area contributed by atoms with E-state index < -0.39 is 0 Å². The fraction of sp³-hybridized carbons (Fsp3) is 0.227. The van der Waals surface area contributed by atoms with Gasteiger partial charge in [-0.1, -0.05) is 36.4 Å². The summed E-state index contributed by atoms with van der Waals surface area (Å²) in [6, 6.07) is 16.3. The normalized spacial score (nSPS) is 12.6. The number of nitrogens with zero attached hydrogens (tertiary/aromatic N) is 3. The van der Waals surface area contributed by atoms with Crippen molar-refractivity contribution < 1.29 is 4.79 Å². The summed E-state index contributed by atoms with van der Waals surface area (Å²) in [5, 5.41) is 10.4. The molecule has 6 heteroatoms. The van der Waals surface area contributed by atoms with Gasteiger partial charge >= 0.3 is 0 Å². The minimum absolute atomic E-state index is 0.105. The Morgan fingerprint density at radius 3 is 2.86 bits per heavy atom. The third-order valence-corrected chi connectivity index (χ3v) is 5.52. The standard InChI is InChI=1S/C22H21N5O/c1-27-18-9-5-4-8-17(18)24-19(27)12-13-23-22(28)21-16-11-10-14-6-2-3-7-15(14)20(16)25-26-21/h2-9H,10-13H2,1H3,(H,23,28)(H,25,26). The van der Waals surface area contributed by atoms with Crippen molar-refractivity contribution >= 4 is 16.9 Å². The summed E-state index contributed by atoms with van der Waals surface area (Å²) < 4.78 is 2.08. The first-order chi connectivity index (χ1) is 13.7. The van der Waals surface area contributed by atoms with Crippen LogP contribution >= 0.6 is 0 Å². The number of para-hydroxylation sites is 2. The Kier molecular flexibility index (Phi) is 3.97.